The van der Waals surface area contributed by atoms with Crippen molar-refractivity contribution in [1.82, 2.24) is 0 Å². The van der Waals surface area contributed by atoms with E-state index in [1.807, 2.05) is 48.5 Å². The largest absolute Gasteiger partial charge is 0.490 e. The van der Waals surface area contributed by atoms with Crippen molar-refractivity contribution in [2.45, 2.75) is 25.4 Å². The molecule has 4 aromatic carbocycles. The fourth-order valence-corrected chi connectivity index (χ4v) is 3.97. The van der Waals surface area contributed by atoms with Crippen molar-refractivity contribution in [3.8, 4) is 16.9 Å². The van der Waals surface area contributed by atoms with Crippen LogP contribution in [0.5, 0.6) is 5.75 Å². The molecule has 0 amide bonds. The molecule has 0 bridgehead atoms. The Kier molecular flexibility index (Phi) is 6.96. The third-order valence-electron chi connectivity index (χ3n) is 5.78. The highest BCUT2D eigenvalue weighted by Crippen LogP contribution is 2.38. The minimum atomic E-state index is -4.37. The number of anilines is 1. The monoisotopic (exact) mass is 479 g/mol. The predicted molar refractivity (Wildman–Crippen MR) is 130 cm³/mol. The number of aryl methyl sites for hydroxylation is 1. The van der Waals surface area contributed by atoms with E-state index in [0.717, 1.165) is 39.6 Å². The molecule has 4 rings (SSSR count). The van der Waals surface area contributed by atoms with Gasteiger partial charge in [-0.15, -0.1) is 0 Å². The molecule has 0 heterocycles. The SMILES string of the molecule is Nc1cc(CCC(=O)O)cc(-c2ccc3ccccc3c2)c1OCCc1ccc(C(F)(F)F)cc1. The first kappa shape index (κ1) is 24.1. The first-order chi connectivity index (χ1) is 16.7. The molecule has 0 unspecified atom stereocenters. The van der Waals surface area contributed by atoms with Crippen LogP contribution in [0.4, 0.5) is 18.9 Å². The number of alkyl halides is 3. The number of rotatable bonds is 8. The van der Waals surface area contributed by atoms with Gasteiger partial charge in [-0.1, -0.05) is 48.5 Å². The highest BCUT2D eigenvalue weighted by Gasteiger charge is 2.29. The molecule has 0 atom stereocenters. The summed E-state index contributed by atoms with van der Waals surface area (Å²) in [5, 5.41) is 11.2. The number of hydrogen-bond donors (Lipinski definition) is 2. The van der Waals surface area contributed by atoms with Crippen molar-refractivity contribution in [2.75, 3.05) is 12.3 Å². The van der Waals surface area contributed by atoms with E-state index in [1.165, 1.54) is 12.1 Å². The molecule has 4 aromatic rings. The Morgan fingerprint density at radius 2 is 1.57 bits per heavy atom. The number of carboxylic acid groups (broad SMARTS) is 1. The average molecular weight is 479 g/mol. The van der Waals surface area contributed by atoms with E-state index in [0.29, 0.717) is 29.8 Å². The zero-order chi connectivity index (χ0) is 25.0. The van der Waals surface area contributed by atoms with Gasteiger partial charge in [0.15, 0.2) is 0 Å². The van der Waals surface area contributed by atoms with Crippen LogP contribution in [0.15, 0.2) is 78.9 Å². The summed E-state index contributed by atoms with van der Waals surface area (Å²) in [6.07, 6.45) is -3.67. The smallest absolute Gasteiger partial charge is 0.416 e. The summed E-state index contributed by atoms with van der Waals surface area (Å²) in [4.78, 5) is 11.1. The molecule has 0 saturated heterocycles. The Hall–Kier alpha value is -4.00. The maximum atomic E-state index is 12.8. The summed E-state index contributed by atoms with van der Waals surface area (Å²) in [5.41, 5.74) is 9.12. The molecule has 7 heteroatoms. The van der Waals surface area contributed by atoms with Gasteiger partial charge in [0.05, 0.1) is 17.9 Å². The number of nitrogens with two attached hydrogens (primary N) is 1. The summed E-state index contributed by atoms with van der Waals surface area (Å²) in [6, 6.07) is 22.5. The standard InChI is InChI=1S/C28H24F3NO3/c29-28(30,31)23-10-5-18(6-11-23)13-14-35-27-24(15-19(16-25(27)32)7-12-26(33)34)22-9-8-20-3-1-2-4-21(20)17-22/h1-6,8-11,15-17H,7,12-14,32H2,(H,33,34). The lowest BCUT2D eigenvalue weighted by molar-refractivity contribution is -0.138. The maximum absolute atomic E-state index is 12.8. The Morgan fingerprint density at radius 1 is 0.857 bits per heavy atom. The van der Waals surface area contributed by atoms with E-state index < -0.39 is 17.7 Å². The van der Waals surface area contributed by atoms with Crippen molar-refractivity contribution in [1.29, 1.82) is 0 Å². The predicted octanol–water partition coefficient (Wildman–Crippen LogP) is 6.75. The number of aliphatic carboxylic acids is 1. The van der Waals surface area contributed by atoms with Gasteiger partial charge in [-0.3, -0.25) is 4.79 Å². The molecular formula is C28H24F3NO3. The number of fused-ring (bicyclic) bond motifs is 1. The number of benzene rings is 4. The lowest BCUT2D eigenvalue weighted by Gasteiger charge is -2.17. The molecule has 0 aromatic heterocycles. The fourth-order valence-electron chi connectivity index (χ4n) is 3.97. The lowest BCUT2D eigenvalue weighted by Crippen LogP contribution is -2.07. The van der Waals surface area contributed by atoms with Crippen LogP contribution in [-0.2, 0) is 23.8 Å². The van der Waals surface area contributed by atoms with E-state index >= 15 is 0 Å². The molecule has 0 aliphatic rings. The van der Waals surface area contributed by atoms with E-state index in [4.69, 9.17) is 15.6 Å². The molecule has 3 N–H and O–H groups in total. The molecular weight excluding hydrogens is 455 g/mol. The number of halogens is 3. The summed E-state index contributed by atoms with van der Waals surface area (Å²) in [5.74, 6) is -0.432. The van der Waals surface area contributed by atoms with Crippen LogP contribution in [0.25, 0.3) is 21.9 Å². The van der Waals surface area contributed by atoms with E-state index in [1.54, 1.807) is 6.07 Å². The first-order valence-corrected chi connectivity index (χ1v) is 11.1. The highest BCUT2D eigenvalue weighted by molar-refractivity contribution is 5.89. The Morgan fingerprint density at radius 3 is 2.26 bits per heavy atom. The zero-order valence-electron chi connectivity index (χ0n) is 18.8. The summed E-state index contributed by atoms with van der Waals surface area (Å²) >= 11 is 0. The number of nitrogen functional groups attached to an aromatic ring is 1. The van der Waals surface area contributed by atoms with Crippen LogP contribution in [0.3, 0.4) is 0 Å². The summed E-state index contributed by atoms with van der Waals surface area (Å²) in [6.45, 7) is 0.213. The van der Waals surface area contributed by atoms with E-state index in [9.17, 15) is 18.0 Å². The Labute approximate surface area is 200 Å². The van der Waals surface area contributed by atoms with Gasteiger partial charge in [0.2, 0.25) is 0 Å². The fraction of sp³-hybridized carbons (Fsp3) is 0.179. The minimum absolute atomic E-state index is 0.0231. The molecule has 180 valence electrons. The molecule has 0 fully saturated rings. The zero-order valence-corrected chi connectivity index (χ0v) is 18.8. The van der Waals surface area contributed by atoms with Crippen LogP contribution >= 0.6 is 0 Å². The van der Waals surface area contributed by atoms with Gasteiger partial charge in [0.25, 0.3) is 0 Å². The van der Waals surface area contributed by atoms with Gasteiger partial charge in [0.1, 0.15) is 5.75 Å². The van der Waals surface area contributed by atoms with Gasteiger partial charge in [-0.05, 0) is 64.2 Å². The van der Waals surface area contributed by atoms with Crippen LogP contribution in [0.2, 0.25) is 0 Å². The van der Waals surface area contributed by atoms with Crippen molar-refractivity contribution < 1.29 is 27.8 Å². The summed E-state index contributed by atoms with van der Waals surface area (Å²) < 4.78 is 44.5. The van der Waals surface area contributed by atoms with Gasteiger partial charge in [-0.25, -0.2) is 0 Å². The Balaban J connectivity index is 1.61. The van der Waals surface area contributed by atoms with E-state index in [-0.39, 0.29) is 13.0 Å². The third-order valence-corrected chi connectivity index (χ3v) is 5.78. The molecule has 4 nitrogen and oxygen atoms in total. The average Bonchev–Trinajstić information content (AvgIpc) is 2.83. The molecule has 0 aliphatic carbocycles. The molecule has 0 spiro atoms. The van der Waals surface area contributed by atoms with Crippen molar-refractivity contribution in [3.63, 3.8) is 0 Å². The number of hydrogen-bond acceptors (Lipinski definition) is 3. The third kappa shape index (κ3) is 5.93. The van der Waals surface area contributed by atoms with Crippen molar-refractivity contribution >= 4 is 22.4 Å². The lowest BCUT2D eigenvalue weighted by atomic mass is 9.96. The quantitative estimate of drug-likeness (QED) is 0.274. The number of carbonyl (C=O) groups is 1. The van der Waals surface area contributed by atoms with Crippen LogP contribution in [0, 0.1) is 0 Å². The van der Waals surface area contributed by atoms with Gasteiger partial charge >= 0.3 is 12.1 Å². The summed E-state index contributed by atoms with van der Waals surface area (Å²) in [7, 11) is 0. The molecule has 0 radical (unpaired) electrons. The topological polar surface area (TPSA) is 72.6 Å². The van der Waals surface area contributed by atoms with Crippen molar-refractivity contribution in [2.24, 2.45) is 0 Å². The van der Waals surface area contributed by atoms with Crippen LogP contribution in [0.1, 0.15) is 23.1 Å². The maximum Gasteiger partial charge on any atom is 0.416 e. The number of carboxylic acids is 1. The highest BCUT2D eigenvalue weighted by atomic mass is 19.4. The second kappa shape index (κ2) is 10.1. The van der Waals surface area contributed by atoms with Crippen molar-refractivity contribution in [3.05, 3.63) is 95.6 Å². The molecule has 0 saturated carbocycles. The normalized spacial score (nSPS) is 11.5. The minimum Gasteiger partial charge on any atom is -0.490 e. The Bertz CT molecular complexity index is 1350. The second-order valence-electron chi connectivity index (χ2n) is 8.31. The molecule has 0 aliphatic heterocycles. The van der Waals surface area contributed by atoms with Gasteiger partial charge < -0.3 is 15.6 Å². The number of ether oxygens (including phenoxy) is 1. The first-order valence-electron chi connectivity index (χ1n) is 11.1. The second-order valence-corrected chi connectivity index (χ2v) is 8.31. The van der Waals surface area contributed by atoms with Crippen LogP contribution < -0.4 is 10.5 Å². The van der Waals surface area contributed by atoms with Gasteiger partial charge in [0, 0.05) is 18.4 Å². The van der Waals surface area contributed by atoms with Crippen LogP contribution in [-0.4, -0.2) is 17.7 Å². The van der Waals surface area contributed by atoms with E-state index in [2.05, 4.69) is 0 Å². The van der Waals surface area contributed by atoms with Gasteiger partial charge in [-0.2, -0.15) is 13.2 Å². The molecule has 35 heavy (non-hydrogen) atoms.